The van der Waals surface area contributed by atoms with Crippen molar-refractivity contribution in [1.29, 1.82) is 0 Å². The first-order valence-corrected chi connectivity index (χ1v) is 4.83. The quantitative estimate of drug-likeness (QED) is 0.605. The van der Waals surface area contributed by atoms with E-state index in [1.807, 2.05) is 14.0 Å². The molecule has 1 amide bonds. The molecule has 4 heteroatoms. The van der Waals surface area contributed by atoms with Crippen molar-refractivity contribution in [3.8, 4) is 0 Å². The minimum absolute atomic E-state index is 0.0491. The Labute approximate surface area is 80.5 Å². The molecule has 0 aromatic carbocycles. The summed E-state index contributed by atoms with van der Waals surface area (Å²) in [5.41, 5.74) is 5.54. The van der Waals surface area contributed by atoms with Gasteiger partial charge in [0, 0.05) is 13.1 Å². The lowest BCUT2D eigenvalue weighted by molar-refractivity contribution is -0.122. The van der Waals surface area contributed by atoms with Crippen molar-refractivity contribution in [2.24, 2.45) is 5.73 Å². The van der Waals surface area contributed by atoms with Gasteiger partial charge >= 0.3 is 0 Å². The van der Waals surface area contributed by atoms with Gasteiger partial charge in [-0.25, -0.2) is 0 Å². The van der Waals surface area contributed by atoms with Gasteiger partial charge < -0.3 is 16.0 Å². The number of hydrogen-bond donors (Lipinski definition) is 2. The minimum atomic E-state index is -0.355. The summed E-state index contributed by atoms with van der Waals surface area (Å²) in [6.07, 6.45) is 0.690. The maximum absolute atomic E-state index is 11.2. The van der Waals surface area contributed by atoms with Crippen LogP contribution < -0.4 is 11.1 Å². The zero-order chi connectivity index (χ0) is 10.3. The van der Waals surface area contributed by atoms with Crippen molar-refractivity contribution >= 4 is 5.91 Å². The standard InChI is InChI=1S/C9H21N3O/c1-4-8(10)9(13)11-6-7-12(3)5-2/h8H,4-7,10H2,1-3H3,(H,11,13). The van der Waals surface area contributed by atoms with Crippen molar-refractivity contribution in [2.75, 3.05) is 26.7 Å². The monoisotopic (exact) mass is 187 g/mol. The third kappa shape index (κ3) is 5.60. The van der Waals surface area contributed by atoms with Crippen LogP contribution in [0.4, 0.5) is 0 Å². The highest BCUT2D eigenvalue weighted by Crippen LogP contribution is 1.85. The Morgan fingerprint density at radius 1 is 1.54 bits per heavy atom. The maximum Gasteiger partial charge on any atom is 0.236 e. The fraction of sp³-hybridized carbons (Fsp3) is 0.889. The molecule has 13 heavy (non-hydrogen) atoms. The summed E-state index contributed by atoms with van der Waals surface area (Å²) in [5.74, 6) is -0.0491. The third-order valence-electron chi connectivity index (χ3n) is 2.11. The topological polar surface area (TPSA) is 58.4 Å². The van der Waals surface area contributed by atoms with Gasteiger partial charge in [0.25, 0.3) is 0 Å². The molecule has 0 heterocycles. The molecule has 0 aromatic rings. The Kier molecular flexibility index (Phi) is 6.54. The number of amides is 1. The molecule has 78 valence electrons. The van der Waals surface area contributed by atoms with Crippen molar-refractivity contribution < 1.29 is 4.79 Å². The van der Waals surface area contributed by atoms with E-state index in [0.29, 0.717) is 13.0 Å². The van der Waals surface area contributed by atoms with E-state index in [2.05, 4.69) is 17.1 Å². The Balaban J connectivity index is 3.47. The predicted molar refractivity (Wildman–Crippen MR) is 54.4 cm³/mol. The molecule has 0 saturated carbocycles. The molecule has 4 nitrogen and oxygen atoms in total. The van der Waals surface area contributed by atoms with Crippen LogP contribution in [0, 0.1) is 0 Å². The van der Waals surface area contributed by atoms with Crippen LogP contribution in [-0.2, 0) is 4.79 Å². The van der Waals surface area contributed by atoms with Gasteiger partial charge in [-0.05, 0) is 20.0 Å². The first kappa shape index (κ1) is 12.4. The van der Waals surface area contributed by atoms with E-state index < -0.39 is 0 Å². The van der Waals surface area contributed by atoms with Gasteiger partial charge in [0.05, 0.1) is 6.04 Å². The second-order valence-corrected chi connectivity index (χ2v) is 3.20. The van der Waals surface area contributed by atoms with Gasteiger partial charge in [-0.15, -0.1) is 0 Å². The molecule has 0 aliphatic rings. The van der Waals surface area contributed by atoms with Crippen LogP contribution in [-0.4, -0.2) is 43.5 Å². The average molecular weight is 187 g/mol. The van der Waals surface area contributed by atoms with E-state index in [4.69, 9.17) is 5.73 Å². The van der Waals surface area contributed by atoms with Crippen LogP contribution >= 0.6 is 0 Å². The van der Waals surface area contributed by atoms with E-state index in [-0.39, 0.29) is 11.9 Å². The third-order valence-corrected chi connectivity index (χ3v) is 2.11. The van der Waals surface area contributed by atoms with Crippen LogP contribution in [0.25, 0.3) is 0 Å². The smallest absolute Gasteiger partial charge is 0.236 e. The average Bonchev–Trinajstić information content (AvgIpc) is 2.15. The Hall–Kier alpha value is -0.610. The lowest BCUT2D eigenvalue weighted by Crippen LogP contribution is -2.42. The lowest BCUT2D eigenvalue weighted by atomic mass is 10.2. The van der Waals surface area contributed by atoms with Crippen molar-refractivity contribution in [2.45, 2.75) is 26.3 Å². The Morgan fingerprint density at radius 3 is 2.62 bits per heavy atom. The second-order valence-electron chi connectivity index (χ2n) is 3.20. The van der Waals surface area contributed by atoms with Crippen LogP contribution in [0.5, 0.6) is 0 Å². The summed E-state index contributed by atoms with van der Waals surface area (Å²) in [4.78, 5) is 13.3. The van der Waals surface area contributed by atoms with Crippen molar-refractivity contribution in [3.05, 3.63) is 0 Å². The Morgan fingerprint density at radius 2 is 2.15 bits per heavy atom. The van der Waals surface area contributed by atoms with E-state index in [1.165, 1.54) is 0 Å². The SMILES string of the molecule is CCC(N)C(=O)NCCN(C)CC. The molecule has 1 unspecified atom stereocenters. The number of hydrogen-bond acceptors (Lipinski definition) is 3. The zero-order valence-electron chi connectivity index (χ0n) is 8.84. The molecule has 0 fully saturated rings. The molecule has 0 rings (SSSR count). The molecular weight excluding hydrogens is 166 g/mol. The molecule has 0 aliphatic heterocycles. The van der Waals surface area contributed by atoms with E-state index in [9.17, 15) is 4.79 Å². The number of carbonyl (C=O) groups excluding carboxylic acids is 1. The van der Waals surface area contributed by atoms with E-state index in [0.717, 1.165) is 13.1 Å². The fourth-order valence-electron chi connectivity index (χ4n) is 0.845. The normalized spacial score (nSPS) is 13.0. The summed E-state index contributed by atoms with van der Waals surface area (Å²) >= 11 is 0. The molecule has 1 atom stereocenters. The molecular formula is C9H21N3O. The number of nitrogens with one attached hydrogen (secondary N) is 1. The highest BCUT2D eigenvalue weighted by molar-refractivity contribution is 5.81. The Bertz CT molecular complexity index is 150. The van der Waals surface area contributed by atoms with Gasteiger partial charge in [-0.3, -0.25) is 4.79 Å². The van der Waals surface area contributed by atoms with Gasteiger partial charge in [-0.1, -0.05) is 13.8 Å². The maximum atomic E-state index is 11.2. The molecule has 0 spiro atoms. The molecule has 0 radical (unpaired) electrons. The van der Waals surface area contributed by atoms with Crippen LogP contribution in [0.15, 0.2) is 0 Å². The highest BCUT2D eigenvalue weighted by atomic mass is 16.2. The van der Waals surface area contributed by atoms with Gasteiger partial charge in [0.1, 0.15) is 0 Å². The summed E-state index contributed by atoms with van der Waals surface area (Å²) in [7, 11) is 2.02. The summed E-state index contributed by atoms with van der Waals surface area (Å²) < 4.78 is 0. The van der Waals surface area contributed by atoms with Crippen LogP contribution in [0.2, 0.25) is 0 Å². The van der Waals surface area contributed by atoms with Crippen molar-refractivity contribution in [1.82, 2.24) is 10.2 Å². The predicted octanol–water partition coefficient (Wildman–Crippen LogP) is -0.208. The summed E-state index contributed by atoms with van der Waals surface area (Å²) in [5, 5.41) is 2.79. The minimum Gasteiger partial charge on any atom is -0.353 e. The first-order chi connectivity index (χ1) is 6.11. The fourth-order valence-corrected chi connectivity index (χ4v) is 0.845. The van der Waals surface area contributed by atoms with E-state index >= 15 is 0 Å². The van der Waals surface area contributed by atoms with Crippen LogP contribution in [0.3, 0.4) is 0 Å². The van der Waals surface area contributed by atoms with Crippen LogP contribution in [0.1, 0.15) is 20.3 Å². The number of likely N-dealkylation sites (N-methyl/N-ethyl adjacent to an activating group) is 1. The molecule has 0 saturated heterocycles. The number of nitrogens with zero attached hydrogens (tertiary/aromatic N) is 1. The largest absolute Gasteiger partial charge is 0.353 e. The zero-order valence-corrected chi connectivity index (χ0v) is 8.84. The molecule has 0 aromatic heterocycles. The molecule has 0 bridgehead atoms. The lowest BCUT2D eigenvalue weighted by Gasteiger charge is -2.15. The second kappa shape index (κ2) is 6.86. The van der Waals surface area contributed by atoms with E-state index in [1.54, 1.807) is 0 Å². The summed E-state index contributed by atoms with van der Waals surface area (Å²) in [6.45, 7) is 6.53. The summed E-state index contributed by atoms with van der Waals surface area (Å²) in [6, 6.07) is -0.355. The first-order valence-electron chi connectivity index (χ1n) is 4.83. The highest BCUT2D eigenvalue weighted by Gasteiger charge is 2.09. The molecule has 3 N–H and O–H groups in total. The van der Waals surface area contributed by atoms with Gasteiger partial charge in [0.15, 0.2) is 0 Å². The van der Waals surface area contributed by atoms with Gasteiger partial charge in [0.2, 0.25) is 5.91 Å². The van der Waals surface area contributed by atoms with Crippen molar-refractivity contribution in [3.63, 3.8) is 0 Å². The van der Waals surface area contributed by atoms with Gasteiger partial charge in [-0.2, -0.15) is 0 Å². The molecule has 0 aliphatic carbocycles. The number of rotatable bonds is 6. The number of carbonyl (C=O) groups is 1. The number of nitrogens with two attached hydrogens (primary N) is 1.